The molecule has 0 aliphatic rings. The summed E-state index contributed by atoms with van der Waals surface area (Å²) in [5, 5.41) is 17.7. The van der Waals surface area contributed by atoms with Crippen molar-refractivity contribution in [2.24, 2.45) is 5.92 Å². The Morgan fingerprint density at radius 3 is 2.09 bits per heavy atom. The molecule has 2 N–H and O–H groups in total. The van der Waals surface area contributed by atoms with Crippen molar-refractivity contribution in [3.8, 4) is 0 Å². The van der Waals surface area contributed by atoms with Crippen molar-refractivity contribution in [3.05, 3.63) is 0 Å². The average Bonchev–Trinajstić information content (AvgIpc) is 2.53. The molecule has 0 aliphatic carbocycles. The van der Waals surface area contributed by atoms with Gasteiger partial charge in [-0.1, -0.05) is 71.6 Å². The zero-order valence-corrected chi connectivity index (χ0v) is 14.6. The molecule has 0 radical (unpaired) electrons. The second kappa shape index (κ2) is 15.3. The molecule has 4 nitrogen and oxygen atoms in total. The molecule has 0 aliphatic heterocycles. The number of aliphatic hydroxyl groups excluding tert-OH is 2. The Morgan fingerprint density at radius 1 is 1.00 bits per heavy atom. The lowest BCUT2D eigenvalue weighted by Crippen LogP contribution is -2.21. The molecule has 132 valence electrons. The van der Waals surface area contributed by atoms with Crippen LogP contribution < -0.4 is 0 Å². The Bertz CT molecular complexity index is 255. The summed E-state index contributed by atoms with van der Waals surface area (Å²) in [4.78, 5) is 11.3. The predicted octanol–water partition coefficient (Wildman–Crippen LogP) is 3.83. The van der Waals surface area contributed by atoms with E-state index in [2.05, 4.69) is 13.8 Å². The van der Waals surface area contributed by atoms with E-state index in [0.29, 0.717) is 6.42 Å². The number of unbranched alkanes of at least 4 members (excludes halogenated alkanes) is 7. The first-order chi connectivity index (χ1) is 10.6. The maximum atomic E-state index is 11.3. The van der Waals surface area contributed by atoms with Crippen LogP contribution in [-0.4, -0.2) is 35.5 Å². The molecule has 0 aromatic heterocycles. The van der Waals surface area contributed by atoms with Crippen LogP contribution in [0.15, 0.2) is 0 Å². The van der Waals surface area contributed by atoms with Crippen LogP contribution in [0.25, 0.3) is 0 Å². The van der Waals surface area contributed by atoms with E-state index < -0.39 is 6.10 Å². The second-order valence-corrected chi connectivity index (χ2v) is 6.40. The molecule has 0 rings (SSSR count). The third-order valence-electron chi connectivity index (χ3n) is 4.17. The van der Waals surface area contributed by atoms with Crippen LogP contribution in [0.3, 0.4) is 0 Å². The van der Waals surface area contributed by atoms with Crippen LogP contribution in [-0.2, 0) is 9.53 Å². The van der Waals surface area contributed by atoms with Crippen LogP contribution in [0.4, 0.5) is 0 Å². The van der Waals surface area contributed by atoms with Crippen molar-refractivity contribution in [2.75, 3.05) is 13.2 Å². The summed E-state index contributed by atoms with van der Waals surface area (Å²) in [5.74, 6) is 0.593. The van der Waals surface area contributed by atoms with Crippen molar-refractivity contribution in [3.63, 3.8) is 0 Å². The summed E-state index contributed by atoms with van der Waals surface area (Å²) in [6.45, 7) is 4.11. The van der Waals surface area contributed by atoms with Gasteiger partial charge in [0.2, 0.25) is 0 Å². The van der Waals surface area contributed by atoms with Gasteiger partial charge in [-0.05, 0) is 12.3 Å². The SMILES string of the molecule is CC[C@@H](C)CCCCCCCCCCC(=O)OC[C@@H](O)CO. The molecule has 0 unspecified atom stereocenters. The van der Waals surface area contributed by atoms with Gasteiger partial charge in [0.1, 0.15) is 12.7 Å². The lowest BCUT2D eigenvalue weighted by molar-refractivity contribution is -0.147. The molecule has 0 aromatic carbocycles. The summed E-state index contributed by atoms with van der Waals surface area (Å²) in [6, 6.07) is 0. The zero-order valence-electron chi connectivity index (χ0n) is 14.6. The molecule has 2 atom stereocenters. The standard InChI is InChI=1S/C18H36O4/c1-3-16(2)12-10-8-6-4-5-7-9-11-13-18(21)22-15-17(20)14-19/h16-17,19-20H,3-15H2,1-2H3/t16-,17+/m1/s1. The van der Waals surface area contributed by atoms with Crippen molar-refractivity contribution < 1.29 is 19.7 Å². The number of esters is 1. The van der Waals surface area contributed by atoms with E-state index in [-0.39, 0.29) is 19.2 Å². The first-order valence-corrected chi connectivity index (χ1v) is 9.04. The van der Waals surface area contributed by atoms with E-state index in [0.717, 1.165) is 18.8 Å². The van der Waals surface area contributed by atoms with Gasteiger partial charge in [-0.15, -0.1) is 0 Å². The van der Waals surface area contributed by atoms with Crippen molar-refractivity contribution >= 4 is 5.97 Å². The Balaban J connectivity index is 3.21. The summed E-state index contributed by atoms with van der Waals surface area (Å²) >= 11 is 0. The maximum absolute atomic E-state index is 11.3. The first kappa shape index (κ1) is 21.4. The van der Waals surface area contributed by atoms with Gasteiger partial charge < -0.3 is 14.9 Å². The number of rotatable bonds is 15. The average molecular weight is 316 g/mol. The molecule has 0 saturated heterocycles. The number of ether oxygens (including phenoxy) is 1. The summed E-state index contributed by atoms with van der Waals surface area (Å²) in [7, 11) is 0. The van der Waals surface area contributed by atoms with Crippen LogP contribution in [0.1, 0.15) is 84.5 Å². The predicted molar refractivity (Wildman–Crippen MR) is 89.7 cm³/mol. The highest BCUT2D eigenvalue weighted by Gasteiger charge is 2.07. The minimum atomic E-state index is -0.954. The van der Waals surface area contributed by atoms with E-state index in [1.807, 2.05) is 0 Å². The van der Waals surface area contributed by atoms with Crippen molar-refractivity contribution in [1.29, 1.82) is 0 Å². The number of carbonyl (C=O) groups is 1. The van der Waals surface area contributed by atoms with E-state index in [1.165, 1.54) is 51.4 Å². The van der Waals surface area contributed by atoms with E-state index in [9.17, 15) is 4.79 Å². The summed E-state index contributed by atoms with van der Waals surface area (Å²) in [6.07, 6.45) is 11.8. The number of carbonyl (C=O) groups excluding carboxylic acids is 1. The lowest BCUT2D eigenvalue weighted by atomic mass is 9.99. The molecule has 0 heterocycles. The van der Waals surface area contributed by atoms with Gasteiger partial charge in [0.25, 0.3) is 0 Å². The fraction of sp³-hybridized carbons (Fsp3) is 0.944. The highest BCUT2D eigenvalue weighted by molar-refractivity contribution is 5.69. The Kier molecular flexibility index (Phi) is 14.9. The van der Waals surface area contributed by atoms with Gasteiger partial charge in [-0.2, -0.15) is 0 Å². The molecule has 0 spiro atoms. The van der Waals surface area contributed by atoms with E-state index in [4.69, 9.17) is 14.9 Å². The number of aliphatic hydroxyl groups is 2. The first-order valence-electron chi connectivity index (χ1n) is 9.04. The van der Waals surface area contributed by atoms with Crippen molar-refractivity contribution in [1.82, 2.24) is 0 Å². The van der Waals surface area contributed by atoms with Gasteiger partial charge in [0.15, 0.2) is 0 Å². The normalized spacial score (nSPS) is 13.8. The highest BCUT2D eigenvalue weighted by Crippen LogP contribution is 2.15. The molecule has 0 aromatic rings. The van der Waals surface area contributed by atoms with Gasteiger partial charge in [-0.3, -0.25) is 4.79 Å². The van der Waals surface area contributed by atoms with Gasteiger partial charge in [0, 0.05) is 6.42 Å². The van der Waals surface area contributed by atoms with Gasteiger partial charge in [-0.25, -0.2) is 0 Å². The smallest absolute Gasteiger partial charge is 0.305 e. The maximum Gasteiger partial charge on any atom is 0.305 e. The largest absolute Gasteiger partial charge is 0.463 e. The molecular weight excluding hydrogens is 280 g/mol. The zero-order chi connectivity index (χ0) is 16.6. The Labute approximate surface area is 136 Å². The van der Waals surface area contributed by atoms with Crippen LogP contribution >= 0.6 is 0 Å². The summed E-state index contributed by atoms with van der Waals surface area (Å²) in [5.41, 5.74) is 0. The molecule has 0 bridgehead atoms. The van der Waals surface area contributed by atoms with Crippen LogP contribution in [0.2, 0.25) is 0 Å². The molecule has 22 heavy (non-hydrogen) atoms. The second-order valence-electron chi connectivity index (χ2n) is 6.40. The minimum absolute atomic E-state index is 0.105. The molecule has 4 heteroatoms. The number of hydrogen-bond donors (Lipinski definition) is 2. The van der Waals surface area contributed by atoms with E-state index >= 15 is 0 Å². The Hall–Kier alpha value is -0.610. The fourth-order valence-electron chi connectivity index (χ4n) is 2.34. The molecule has 0 amide bonds. The molecule has 0 fully saturated rings. The topological polar surface area (TPSA) is 66.8 Å². The summed E-state index contributed by atoms with van der Waals surface area (Å²) < 4.78 is 4.85. The van der Waals surface area contributed by atoms with Crippen molar-refractivity contribution in [2.45, 2.75) is 90.6 Å². The molecule has 0 saturated carbocycles. The highest BCUT2D eigenvalue weighted by atomic mass is 16.5. The van der Waals surface area contributed by atoms with Gasteiger partial charge >= 0.3 is 5.97 Å². The quantitative estimate of drug-likeness (QED) is 0.356. The lowest BCUT2D eigenvalue weighted by Gasteiger charge is -2.08. The van der Waals surface area contributed by atoms with E-state index in [1.54, 1.807) is 0 Å². The minimum Gasteiger partial charge on any atom is -0.463 e. The number of hydrogen-bond acceptors (Lipinski definition) is 4. The van der Waals surface area contributed by atoms with Crippen LogP contribution in [0.5, 0.6) is 0 Å². The fourth-order valence-corrected chi connectivity index (χ4v) is 2.34. The third-order valence-corrected chi connectivity index (χ3v) is 4.17. The molecular formula is C18H36O4. The third kappa shape index (κ3) is 14.3. The van der Waals surface area contributed by atoms with Crippen LogP contribution in [0, 0.1) is 5.92 Å². The monoisotopic (exact) mass is 316 g/mol. The Morgan fingerprint density at radius 2 is 1.55 bits per heavy atom. The van der Waals surface area contributed by atoms with Gasteiger partial charge in [0.05, 0.1) is 6.61 Å².